The summed E-state index contributed by atoms with van der Waals surface area (Å²) in [7, 11) is 0. The zero-order valence-corrected chi connectivity index (χ0v) is 10.8. The van der Waals surface area contributed by atoms with Crippen LogP contribution in [0.5, 0.6) is 0 Å². The second-order valence-electron chi connectivity index (χ2n) is 4.62. The van der Waals surface area contributed by atoms with Gasteiger partial charge in [0.1, 0.15) is 4.99 Å². The molecular formula is C13H18N2OS. The standard InChI is InChI=1S/C13H18N2OS/c1-9-3-2-4-11(13(14)17)12(9)15-6-5-10(7-15)8-16/h2-4,10,16H,5-8H2,1H3,(H2,14,17). The summed E-state index contributed by atoms with van der Waals surface area (Å²) in [6.45, 7) is 4.18. The van der Waals surface area contributed by atoms with E-state index in [9.17, 15) is 5.11 Å². The van der Waals surface area contributed by atoms with Crippen LogP contribution < -0.4 is 10.6 Å². The zero-order valence-electron chi connectivity index (χ0n) is 10.0. The topological polar surface area (TPSA) is 49.5 Å². The Morgan fingerprint density at radius 3 is 2.94 bits per heavy atom. The molecule has 2 rings (SSSR count). The zero-order chi connectivity index (χ0) is 12.4. The van der Waals surface area contributed by atoms with Gasteiger partial charge in [0.25, 0.3) is 0 Å². The van der Waals surface area contributed by atoms with E-state index in [0.717, 1.165) is 30.8 Å². The molecule has 3 N–H and O–H groups in total. The highest BCUT2D eigenvalue weighted by Crippen LogP contribution is 2.30. The third-order valence-corrected chi connectivity index (χ3v) is 3.58. The molecule has 3 nitrogen and oxygen atoms in total. The molecule has 92 valence electrons. The van der Waals surface area contributed by atoms with Crippen molar-refractivity contribution in [3.63, 3.8) is 0 Å². The van der Waals surface area contributed by atoms with Gasteiger partial charge in [-0.15, -0.1) is 0 Å². The number of nitrogens with two attached hydrogens (primary N) is 1. The summed E-state index contributed by atoms with van der Waals surface area (Å²) in [6.07, 6.45) is 1.03. The average molecular weight is 250 g/mol. The van der Waals surface area contributed by atoms with Gasteiger partial charge in [0, 0.05) is 36.9 Å². The number of para-hydroxylation sites is 1. The van der Waals surface area contributed by atoms with Crippen molar-refractivity contribution in [1.29, 1.82) is 0 Å². The maximum atomic E-state index is 9.20. The van der Waals surface area contributed by atoms with Crippen molar-refractivity contribution in [3.8, 4) is 0 Å². The second-order valence-corrected chi connectivity index (χ2v) is 5.06. The van der Waals surface area contributed by atoms with Crippen LogP contribution in [0, 0.1) is 12.8 Å². The summed E-state index contributed by atoms with van der Waals surface area (Å²) < 4.78 is 0. The molecule has 0 amide bonds. The molecule has 1 unspecified atom stereocenters. The fraction of sp³-hybridized carbons (Fsp3) is 0.462. The molecule has 0 radical (unpaired) electrons. The molecule has 1 aromatic carbocycles. The van der Waals surface area contributed by atoms with Crippen molar-refractivity contribution < 1.29 is 5.11 Å². The third-order valence-electron chi connectivity index (χ3n) is 3.36. The van der Waals surface area contributed by atoms with E-state index in [1.54, 1.807) is 0 Å². The average Bonchev–Trinajstić information content (AvgIpc) is 2.76. The number of anilines is 1. The molecular weight excluding hydrogens is 232 g/mol. The Labute approximate surface area is 107 Å². The predicted octanol–water partition coefficient (Wildman–Crippen LogP) is 1.45. The van der Waals surface area contributed by atoms with E-state index in [4.69, 9.17) is 18.0 Å². The molecule has 0 bridgehead atoms. The molecule has 0 aliphatic carbocycles. The van der Waals surface area contributed by atoms with E-state index in [0.29, 0.717) is 10.9 Å². The predicted molar refractivity (Wildman–Crippen MR) is 74.5 cm³/mol. The lowest BCUT2D eigenvalue weighted by molar-refractivity contribution is 0.238. The lowest BCUT2D eigenvalue weighted by atomic mass is 10.1. The van der Waals surface area contributed by atoms with E-state index in [-0.39, 0.29) is 6.61 Å². The highest BCUT2D eigenvalue weighted by Gasteiger charge is 2.25. The normalized spacial score (nSPS) is 19.6. The minimum absolute atomic E-state index is 0.255. The first-order valence-corrected chi connectivity index (χ1v) is 6.29. The summed E-state index contributed by atoms with van der Waals surface area (Å²) in [5.41, 5.74) is 9.04. The van der Waals surface area contributed by atoms with Crippen molar-refractivity contribution in [1.82, 2.24) is 0 Å². The summed E-state index contributed by atoms with van der Waals surface area (Å²) in [5, 5.41) is 9.20. The van der Waals surface area contributed by atoms with Gasteiger partial charge in [0.2, 0.25) is 0 Å². The Bertz CT molecular complexity index is 433. The largest absolute Gasteiger partial charge is 0.396 e. The lowest BCUT2D eigenvalue weighted by Crippen LogP contribution is -2.25. The number of hydrogen-bond acceptors (Lipinski definition) is 3. The number of hydrogen-bond donors (Lipinski definition) is 2. The lowest BCUT2D eigenvalue weighted by Gasteiger charge is -2.23. The molecule has 1 aliphatic rings. The Hall–Kier alpha value is -1.13. The van der Waals surface area contributed by atoms with Crippen molar-refractivity contribution in [3.05, 3.63) is 29.3 Å². The Morgan fingerprint density at radius 2 is 2.35 bits per heavy atom. The second kappa shape index (κ2) is 5.02. The van der Waals surface area contributed by atoms with Gasteiger partial charge >= 0.3 is 0 Å². The fourth-order valence-electron chi connectivity index (χ4n) is 2.46. The molecule has 0 spiro atoms. The molecule has 1 aliphatic heterocycles. The smallest absolute Gasteiger partial charge is 0.106 e. The van der Waals surface area contributed by atoms with Gasteiger partial charge in [-0.2, -0.15) is 0 Å². The monoisotopic (exact) mass is 250 g/mol. The fourth-order valence-corrected chi connectivity index (χ4v) is 2.63. The molecule has 1 aromatic rings. The summed E-state index contributed by atoms with van der Waals surface area (Å²) in [6, 6.07) is 6.02. The first-order chi connectivity index (χ1) is 8.13. The number of aryl methyl sites for hydroxylation is 1. The molecule has 1 fully saturated rings. The summed E-state index contributed by atoms with van der Waals surface area (Å²) >= 11 is 5.10. The molecule has 17 heavy (non-hydrogen) atoms. The van der Waals surface area contributed by atoms with Crippen molar-refractivity contribution in [2.24, 2.45) is 11.7 Å². The van der Waals surface area contributed by atoms with E-state index >= 15 is 0 Å². The molecule has 1 saturated heterocycles. The highest BCUT2D eigenvalue weighted by molar-refractivity contribution is 7.80. The molecule has 4 heteroatoms. The Kier molecular flexibility index (Phi) is 3.64. The van der Waals surface area contributed by atoms with Crippen LogP contribution in [0.25, 0.3) is 0 Å². The van der Waals surface area contributed by atoms with Crippen LogP contribution in [0.3, 0.4) is 0 Å². The van der Waals surface area contributed by atoms with Crippen LogP contribution >= 0.6 is 12.2 Å². The maximum absolute atomic E-state index is 9.20. The van der Waals surface area contributed by atoms with E-state index in [1.165, 1.54) is 5.56 Å². The first kappa shape index (κ1) is 12.3. The number of aliphatic hydroxyl groups is 1. The van der Waals surface area contributed by atoms with Gasteiger partial charge in [-0.1, -0.05) is 24.4 Å². The number of aliphatic hydroxyl groups excluding tert-OH is 1. The first-order valence-electron chi connectivity index (χ1n) is 5.88. The van der Waals surface area contributed by atoms with Crippen molar-refractivity contribution in [2.75, 3.05) is 24.6 Å². The third kappa shape index (κ3) is 2.42. The van der Waals surface area contributed by atoms with Crippen LogP contribution in [0.4, 0.5) is 5.69 Å². The minimum atomic E-state index is 0.255. The van der Waals surface area contributed by atoms with Crippen LogP contribution in [0.1, 0.15) is 17.5 Å². The van der Waals surface area contributed by atoms with Gasteiger partial charge in [-0.3, -0.25) is 0 Å². The molecule has 0 aromatic heterocycles. The number of thiocarbonyl (C=S) groups is 1. The van der Waals surface area contributed by atoms with E-state index < -0.39 is 0 Å². The number of benzene rings is 1. The van der Waals surface area contributed by atoms with Crippen molar-refractivity contribution in [2.45, 2.75) is 13.3 Å². The van der Waals surface area contributed by atoms with Gasteiger partial charge in [0.15, 0.2) is 0 Å². The van der Waals surface area contributed by atoms with Crippen molar-refractivity contribution >= 4 is 22.9 Å². The SMILES string of the molecule is Cc1cccc(C(N)=S)c1N1CCC(CO)C1. The van der Waals surface area contributed by atoms with Gasteiger partial charge in [-0.05, 0) is 25.0 Å². The number of rotatable bonds is 3. The number of nitrogens with zero attached hydrogens (tertiary/aromatic N) is 1. The maximum Gasteiger partial charge on any atom is 0.106 e. The Morgan fingerprint density at radius 1 is 1.59 bits per heavy atom. The molecule has 1 heterocycles. The van der Waals surface area contributed by atoms with Crippen LogP contribution in [0.15, 0.2) is 18.2 Å². The van der Waals surface area contributed by atoms with Crippen LogP contribution in [0.2, 0.25) is 0 Å². The minimum Gasteiger partial charge on any atom is -0.396 e. The molecule has 1 atom stereocenters. The van der Waals surface area contributed by atoms with Gasteiger partial charge in [-0.25, -0.2) is 0 Å². The quantitative estimate of drug-likeness (QED) is 0.797. The Balaban J connectivity index is 2.34. The molecule has 0 saturated carbocycles. The summed E-state index contributed by atoms with van der Waals surface area (Å²) in [5.74, 6) is 0.369. The van der Waals surface area contributed by atoms with Gasteiger partial charge in [0.05, 0.1) is 0 Å². The summed E-state index contributed by atoms with van der Waals surface area (Å²) in [4.78, 5) is 2.72. The van der Waals surface area contributed by atoms with Gasteiger partial charge < -0.3 is 15.7 Å². The van der Waals surface area contributed by atoms with Crippen LogP contribution in [-0.2, 0) is 0 Å². The highest BCUT2D eigenvalue weighted by atomic mass is 32.1. The van der Waals surface area contributed by atoms with E-state index in [1.807, 2.05) is 12.1 Å². The van der Waals surface area contributed by atoms with Crippen LogP contribution in [-0.4, -0.2) is 29.8 Å². The van der Waals surface area contributed by atoms with E-state index in [2.05, 4.69) is 17.9 Å².